The number of amidine groups is 1. The van der Waals surface area contributed by atoms with Crippen molar-refractivity contribution in [2.24, 2.45) is 5.10 Å². The second kappa shape index (κ2) is 9.04. The topological polar surface area (TPSA) is 30.6 Å². The van der Waals surface area contributed by atoms with Gasteiger partial charge in [0.1, 0.15) is 0 Å². The van der Waals surface area contributed by atoms with Crippen molar-refractivity contribution in [1.29, 1.82) is 0 Å². The van der Waals surface area contributed by atoms with Gasteiger partial charge >= 0.3 is 210 Å². The van der Waals surface area contributed by atoms with Crippen molar-refractivity contribution in [3.8, 4) is 0 Å². The zero-order valence-electron chi connectivity index (χ0n) is 21.0. The number of rotatable bonds is 5. The molecular formula is C28H35ClN4Si. The molecule has 0 unspecified atom stereocenters. The second-order valence-electron chi connectivity index (χ2n) is 10.8. The Balaban J connectivity index is 1.87. The third-order valence-corrected chi connectivity index (χ3v) is 11.4. The Kier molecular flexibility index (Phi) is 6.45. The number of hydrogen-bond acceptors (Lipinski definition) is 3. The van der Waals surface area contributed by atoms with Crippen LogP contribution in [0.4, 0.5) is 0 Å². The van der Waals surface area contributed by atoms with Gasteiger partial charge in [0, 0.05) is 0 Å². The van der Waals surface area contributed by atoms with Crippen LogP contribution in [-0.4, -0.2) is 39.3 Å². The molecule has 1 N–H and O–H groups in total. The molecular weight excluding hydrogens is 456 g/mol. The Bertz CT molecular complexity index is 1150. The third kappa shape index (κ3) is 4.55. The summed E-state index contributed by atoms with van der Waals surface area (Å²) in [5.41, 5.74) is 3.80. The standard InChI is InChI=1S/C28H35ClN4Si/c1-27(2,3)32-26(24-20-14-9-15-21-24)33(28(4,5)6)34(32,29)31-30-25(22-16-10-7-11-17-22)23-18-12-8-13-19-23/h7-21,31,34H,1-6H3. The van der Waals surface area contributed by atoms with Gasteiger partial charge in [-0.25, -0.2) is 0 Å². The predicted octanol–water partition coefficient (Wildman–Crippen LogP) is 5.81. The van der Waals surface area contributed by atoms with Gasteiger partial charge in [-0.15, -0.1) is 0 Å². The molecule has 0 aliphatic carbocycles. The summed E-state index contributed by atoms with van der Waals surface area (Å²) >= 11 is 7.65. The maximum atomic E-state index is 7.65. The zero-order valence-corrected chi connectivity index (χ0v) is 22.9. The minimum atomic E-state index is -3.31. The van der Waals surface area contributed by atoms with Gasteiger partial charge in [-0.2, -0.15) is 0 Å². The van der Waals surface area contributed by atoms with Crippen molar-refractivity contribution >= 4 is 30.5 Å². The molecule has 4 rings (SSSR count). The molecule has 0 saturated heterocycles. The van der Waals surface area contributed by atoms with Crippen LogP contribution in [-0.2, 0) is 0 Å². The average Bonchev–Trinajstić information content (AvgIpc) is 2.78. The van der Waals surface area contributed by atoms with Crippen LogP contribution in [0.1, 0.15) is 58.2 Å². The van der Waals surface area contributed by atoms with E-state index >= 15 is 0 Å². The van der Waals surface area contributed by atoms with Crippen molar-refractivity contribution in [2.45, 2.75) is 52.6 Å². The van der Waals surface area contributed by atoms with Crippen molar-refractivity contribution in [2.75, 3.05) is 0 Å². The van der Waals surface area contributed by atoms with E-state index in [0.717, 1.165) is 22.7 Å². The number of halogens is 1. The monoisotopic (exact) mass is 490 g/mol. The molecule has 1 aliphatic heterocycles. The van der Waals surface area contributed by atoms with Crippen LogP contribution in [0.2, 0.25) is 0 Å². The van der Waals surface area contributed by atoms with Gasteiger partial charge in [0.05, 0.1) is 0 Å². The quantitative estimate of drug-likeness (QED) is 0.212. The summed E-state index contributed by atoms with van der Waals surface area (Å²) in [5, 5.41) is 8.58. The van der Waals surface area contributed by atoms with Crippen molar-refractivity contribution in [3.63, 3.8) is 0 Å². The fourth-order valence-electron chi connectivity index (χ4n) is 4.78. The molecule has 1 heterocycles. The summed E-state index contributed by atoms with van der Waals surface area (Å²) in [5.74, 6) is 1.16. The van der Waals surface area contributed by atoms with Gasteiger partial charge in [0.25, 0.3) is 0 Å². The predicted molar refractivity (Wildman–Crippen MR) is 147 cm³/mol. The molecule has 0 spiro atoms. The number of hydrogen-bond donors (Lipinski definition) is 1. The normalized spacial score (nSPS) is 16.5. The molecule has 0 amide bonds. The van der Waals surface area contributed by atoms with Crippen LogP contribution in [0.5, 0.6) is 0 Å². The van der Waals surface area contributed by atoms with E-state index in [1.165, 1.54) is 5.56 Å². The number of nitrogens with one attached hydrogen (secondary N) is 1. The Morgan fingerprint density at radius 1 is 0.765 bits per heavy atom. The van der Waals surface area contributed by atoms with E-state index < -0.39 is 7.87 Å². The van der Waals surface area contributed by atoms with E-state index in [1.54, 1.807) is 0 Å². The molecule has 178 valence electrons. The van der Waals surface area contributed by atoms with E-state index in [9.17, 15) is 0 Å². The van der Waals surface area contributed by atoms with Gasteiger partial charge in [0.15, 0.2) is 0 Å². The molecule has 34 heavy (non-hydrogen) atoms. The maximum absolute atomic E-state index is 7.65. The van der Waals surface area contributed by atoms with Crippen LogP contribution < -0.4 is 5.09 Å². The molecule has 0 atom stereocenters. The van der Waals surface area contributed by atoms with Crippen LogP contribution in [0, 0.1) is 0 Å². The Morgan fingerprint density at radius 2 is 1.21 bits per heavy atom. The van der Waals surface area contributed by atoms with E-state index in [2.05, 4.69) is 104 Å². The van der Waals surface area contributed by atoms with Crippen LogP contribution >= 0.6 is 11.1 Å². The summed E-state index contributed by atoms with van der Waals surface area (Å²) in [4.78, 5) is 0. The van der Waals surface area contributed by atoms with E-state index in [4.69, 9.17) is 16.2 Å². The Morgan fingerprint density at radius 3 is 1.62 bits per heavy atom. The van der Waals surface area contributed by atoms with E-state index in [1.807, 2.05) is 42.5 Å². The molecule has 0 saturated carbocycles. The molecule has 0 bridgehead atoms. The van der Waals surface area contributed by atoms with Crippen molar-refractivity contribution < 1.29 is 4.24 Å². The molecule has 1 aliphatic rings. The first-order valence-electron chi connectivity index (χ1n) is 11.8. The van der Waals surface area contributed by atoms with Crippen LogP contribution in [0.25, 0.3) is 0 Å². The first-order valence-corrected chi connectivity index (χ1v) is 15.2. The summed E-state index contributed by atoms with van der Waals surface area (Å²) in [6.07, 6.45) is 0. The first-order chi connectivity index (χ1) is 16.0. The van der Waals surface area contributed by atoms with E-state index in [-0.39, 0.29) is 11.1 Å². The number of hydrazone groups is 1. The zero-order chi connectivity index (χ0) is 24.6. The molecule has 0 radical (unpaired) electrons. The molecule has 0 fully saturated rings. The molecule has 4 nitrogen and oxygen atoms in total. The third-order valence-electron chi connectivity index (χ3n) is 6.05. The SMILES string of the molecule is CC(C)(C)N1C(c2ccccc2)=[N+](C(C)(C)C)[SiH-]1(Cl)NN=C(c1ccccc1)c1ccccc1. The fourth-order valence-corrected chi connectivity index (χ4v) is 11.1. The van der Waals surface area contributed by atoms with Gasteiger partial charge in [0.2, 0.25) is 0 Å². The second-order valence-corrected chi connectivity index (χ2v) is 15.2. The van der Waals surface area contributed by atoms with Crippen molar-refractivity contribution in [1.82, 2.24) is 9.66 Å². The molecule has 6 heteroatoms. The molecule has 3 aromatic carbocycles. The van der Waals surface area contributed by atoms with Crippen LogP contribution in [0.3, 0.4) is 0 Å². The molecule has 0 aromatic heterocycles. The first kappa shape index (κ1) is 24.2. The average molecular weight is 491 g/mol. The van der Waals surface area contributed by atoms with Gasteiger partial charge < -0.3 is 0 Å². The van der Waals surface area contributed by atoms with Crippen molar-refractivity contribution in [3.05, 3.63) is 108 Å². The molecule has 3 aromatic rings. The van der Waals surface area contributed by atoms with Crippen LogP contribution in [0.15, 0.2) is 96.1 Å². The summed E-state index contributed by atoms with van der Waals surface area (Å²) in [6.45, 7) is 13.3. The minimum absolute atomic E-state index is 0.179. The number of benzene rings is 3. The Labute approximate surface area is 209 Å². The van der Waals surface area contributed by atoms with Gasteiger partial charge in [-0.05, 0) is 0 Å². The van der Waals surface area contributed by atoms with Gasteiger partial charge in [-0.3, -0.25) is 0 Å². The summed E-state index contributed by atoms with van der Waals surface area (Å²) in [6, 6.07) is 31.1. The fraction of sp³-hybridized carbons (Fsp3) is 0.286. The van der Waals surface area contributed by atoms with Gasteiger partial charge in [-0.1, -0.05) is 0 Å². The summed E-state index contributed by atoms with van der Waals surface area (Å²) in [7, 11) is -3.31. The Hall–Kier alpha value is -2.89. The number of nitrogens with zero attached hydrogens (tertiary/aromatic N) is 3. The summed E-state index contributed by atoms with van der Waals surface area (Å²) < 4.78 is 4.78. The van der Waals surface area contributed by atoms with E-state index in [0.29, 0.717) is 0 Å².